The molecule has 2 aliphatic rings. The summed E-state index contributed by atoms with van der Waals surface area (Å²) in [6.07, 6.45) is 5.33. The Hall–Kier alpha value is -1.86. The Labute approximate surface area is 169 Å². The molecule has 0 aliphatic carbocycles. The fraction of sp³-hybridized carbons (Fsp3) is 0.571. The van der Waals surface area contributed by atoms with Gasteiger partial charge in [0.05, 0.1) is 29.3 Å². The molecule has 0 N–H and O–H groups in total. The van der Waals surface area contributed by atoms with Gasteiger partial charge in [0.25, 0.3) is 5.56 Å². The standard InChI is InChI=1S/C21H27N3O3S/c1-15-7-4-5-11-23(15)19(25)14-28-21-22-18-10-3-2-9-17(18)20(26)24(21)13-16-8-6-12-27-16/h2-3,9-10,15-16H,4-8,11-14H2,1H3/t15-,16-/m0/s1. The summed E-state index contributed by atoms with van der Waals surface area (Å²) >= 11 is 1.37. The van der Waals surface area contributed by atoms with Gasteiger partial charge in [-0.3, -0.25) is 14.2 Å². The van der Waals surface area contributed by atoms with Crippen LogP contribution in [0.3, 0.4) is 0 Å². The van der Waals surface area contributed by atoms with E-state index in [0.29, 0.717) is 34.4 Å². The van der Waals surface area contributed by atoms with Crippen molar-refractivity contribution in [3.8, 4) is 0 Å². The monoisotopic (exact) mass is 401 g/mol. The largest absolute Gasteiger partial charge is 0.376 e. The highest BCUT2D eigenvalue weighted by Gasteiger charge is 2.25. The summed E-state index contributed by atoms with van der Waals surface area (Å²) in [6.45, 7) is 4.18. The van der Waals surface area contributed by atoms with Crippen molar-refractivity contribution in [3.05, 3.63) is 34.6 Å². The molecular weight excluding hydrogens is 374 g/mol. The van der Waals surface area contributed by atoms with E-state index >= 15 is 0 Å². The molecule has 150 valence electrons. The molecule has 28 heavy (non-hydrogen) atoms. The average Bonchev–Trinajstić information content (AvgIpc) is 3.22. The van der Waals surface area contributed by atoms with Gasteiger partial charge in [0.15, 0.2) is 5.16 Å². The maximum Gasteiger partial charge on any atom is 0.262 e. The molecule has 0 saturated carbocycles. The Morgan fingerprint density at radius 3 is 2.89 bits per heavy atom. The first-order valence-electron chi connectivity index (χ1n) is 10.2. The second-order valence-corrected chi connectivity index (χ2v) is 8.63. The zero-order valence-electron chi connectivity index (χ0n) is 16.3. The number of nitrogens with zero attached hydrogens (tertiary/aromatic N) is 3. The van der Waals surface area contributed by atoms with Gasteiger partial charge in [-0.25, -0.2) is 4.98 Å². The van der Waals surface area contributed by atoms with Gasteiger partial charge in [0.1, 0.15) is 0 Å². The maximum atomic E-state index is 13.1. The molecule has 1 aromatic heterocycles. The zero-order valence-corrected chi connectivity index (χ0v) is 17.1. The van der Waals surface area contributed by atoms with Crippen LogP contribution in [0.2, 0.25) is 0 Å². The van der Waals surface area contributed by atoms with Gasteiger partial charge in [-0.2, -0.15) is 0 Å². The summed E-state index contributed by atoms with van der Waals surface area (Å²) in [5.74, 6) is 0.434. The third-order valence-electron chi connectivity index (χ3n) is 5.68. The van der Waals surface area contributed by atoms with Crippen molar-refractivity contribution in [3.63, 3.8) is 0 Å². The van der Waals surface area contributed by atoms with Crippen molar-refractivity contribution in [1.82, 2.24) is 14.5 Å². The minimum atomic E-state index is -0.0533. The first-order chi connectivity index (χ1) is 13.6. The first kappa shape index (κ1) is 19.5. The van der Waals surface area contributed by atoms with Crippen LogP contribution in [0.15, 0.2) is 34.2 Å². The number of hydrogen-bond acceptors (Lipinski definition) is 5. The van der Waals surface area contributed by atoms with Crippen LogP contribution < -0.4 is 5.56 Å². The van der Waals surface area contributed by atoms with Crippen LogP contribution in [0, 0.1) is 0 Å². The number of thioether (sulfide) groups is 1. The van der Waals surface area contributed by atoms with Crippen LogP contribution >= 0.6 is 11.8 Å². The molecule has 4 rings (SSSR count). The number of aromatic nitrogens is 2. The second kappa shape index (κ2) is 8.66. The van der Waals surface area contributed by atoms with Crippen molar-refractivity contribution >= 4 is 28.6 Å². The van der Waals surface area contributed by atoms with Crippen molar-refractivity contribution in [2.24, 2.45) is 0 Å². The second-order valence-electron chi connectivity index (χ2n) is 7.68. The summed E-state index contributed by atoms with van der Waals surface area (Å²) < 4.78 is 7.45. The Bertz CT molecular complexity index is 907. The Balaban J connectivity index is 1.59. The van der Waals surface area contributed by atoms with Gasteiger partial charge in [0.2, 0.25) is 5.91 Å². The molecule has 2 saturated heterocycles. The molecule has 0 unspecified atom stereocenters. The van der Waals surface area contributed by atoms with E-state index < -0.39 is 0 Å². The summed E-state index contributed by atoms with van der Waals surface area (Å²) in [6, 6.07) is 7.70. The van der Waals surface area contributed by atoms with Crippen LogP contribution in [-0.4, -0.2) is 51.4 Å². The Morgan fingerprint density at radius 2 is 2.11 bits per heavy atom. The van der Waals surface area contributed by atoms with E-state index in [9.17, 15) is 9.59 Å². The van der Waals surface area contributed by atoms with E-state index in [1.54, 1.807) is 4.57 Å². The minimum Gasteiger partial charge on any atom is -0.376 e. The number of likely N-dealkylation sites (tertiary alicyclic amines) is 1. The van der Waals surface area contributed by atoms with Crippen LogP contribution in [-0.2, 0) is 16.1 Å². The lowest BCUT2D eigenvalue weighted by Gasteiger charge is -2.33. The Kier molecular flexibility index (Phi) is 6.01. The predicted octanol–water partition coefficient (Wildman–Crippen LogP) is 3.07. The quantitative estimate of drug-likeness (QED) is 0.569. The average molecular weight is 402 g/mol. The van der Waals surface area contributed by atoms with Crippen LogP contribution in [0.25, 0.3) is 10.9 Å². The molecule has 2 atom stereocenters. The lowest BCUT2D eigenvalue weighted by molar-refractivity contribution is -0.131. The van der Waals surface area contributed by atoms with Crippen LogP contribution in [0.1, 0.15) is 39.0 Å². The van der Waals surface area contributed by atoms with Gasteiger partial charge in [-0.15, -0.1) is 0 Å². The lowest BCUT2D eigenvalue weighted by atomic mass is 10.0. The summed E-state index contributed by atoms with van der Waals surface area (Å²) in [5.41, 5.74) is 0.625. The third kappa shape index (κ3) is 4.10. The molecule has 6 nitrogen and oxygen atoms in total. The fourth-order valence-electron chi connectivity index (χ4n) is 4.09. The number of piperidine rings is 1. The van der Waals surface area contributed by atoms with E-state index in [1.165, 1.54) is 18.2 Å². The molecular formula is C21H27N3O3S. The molecule has 0 spiro atoms. The van der Waals surface area contributed by atoms with Gasteiger partial charge in [0, 0.05) is 19.2 Å². The van der Waals surface area contributed by atoms with Gasteiger partial charge in [-0.05, 0) is 51.2 Å². The van der Waals surface area contributed by atoms with Crippen LogP contribution in [0.4, 0.5) is 0 Å². The number of para-hydroxylation sites is 1. The fourth-order valence-corrected chi connectivity index (χ4v) is 4.98. The maximum absolute atomic E-state index is 13.1. The number of fused-ring (bicyclic) bond motifs is 1. The van der Waals surface area contributed by atoms with E-state index in [1.807, 2.05) is 29.2 Å². The highest BCUT2D eigenvalue weighted by Crippen LogP contribution is 2.23. The summed E-state index contributed by atoms with van der Waals surface area (Å²) in [4.78, 5) is 32.5. The van der Waals surface area contributed by atoms with Gasteiger partial charge >= 0.3 is 0 Å². The first-order valence-corrected chi connectivity index (χ1v) is 11.2. The van der Waals surface area contributed by atoms with E-state index in [-0.39, 0.29) is 17.6 Å². The molecule has 0 bridgehead atoms. The number of hydrogen-bond donors (Lipinski definition) is 0. The molecule has 0 radical (unpaired) electrons. The number of carbonyl (C=O) groups is 1. The molecule has 2 aliphatic heterocycles. The number of benzene rings is 1. The highest BCUT2D eigenvalue weighted by atomic mass is 32.2. The topological polar surface area (TPSA) is 64.4 Å². The van der Waals surface area contributed by atoms with Gasteiger partial charge in [-0.1, -0.05) is 23.9 Å². The van der Waals surface area contributed by atoms with Gasteiger partial charge < -0.3 is 9.64 Å². The highest BCUT2D eigenvalue weighted by molar-refractivity contribution is 7.99. The van der Waals surface area contributed by atoms with E-state index in [2.05, 4.69) is 6.92 Å². The minimum absolute atomic E-state index is 0.0397. The normalized spacial score (nSPS) is 22.7. The molecule has 1 aromatic carbocycles. The summed E-state index contributed by atoms with van der Waals surface area (Å²) in [7, 11) is 0. The third-order valence-corrected chi connectivity index (χ3v) is 6.65. The van der Waals surface area contributed by atoms with E-state index in [4.69, 9.17) is 9.72 Å². The van der Waals surface area contributed by atoms with Crippen LogP contribution in [0.5, 0.6) is 0 Å². The number of rotatable bonds is 5. The molecule has 1 amide bonds. The molecule has 2 aromatic rings. The SMILES string of the molecule is C[C@H]1CCCCN1C(=O)CSc1nc2ccccc2c(=O)n1C[C@@H]1CCCO1. The molecule has 7 heteroatoms. The summed E-state index contributed by atoms with van der Waals surface area (Å²) in [5, 5.41) is 1.22. The van der Waals surface area contributed by atoms with Crippen molar-refractivity contribution < 1.29 is 9.53 Å². The molecule has 3 heterocycles. The number of amides is 1. The van der Waals surface area contributed by atoms with Crippen molar-refractivity contribution in [1.29, 1.82) is 0 Å². The van der Waals surface area contributed by atoms with E-state index in [0.717, 1.165) is 38.8 Å². The molecule has 2 fully saturated rings. The van der Waals surface area contributed by atoms with Crippen molar-refractivity contribution in [2.45, 2.75) is 62.9 Å². The number of ether oxygens (including phenoxy) is 1. The zero-order chi connectivity index (χ0) is 19.5. The smallest absolute Gasteiger partial charge is 0.262 e. The lowest BCUT2D eigenvalue weighted by Crippen LogP contribution is -2.43. The predicted molar refractivity (Wildman–Crippen MR) is 111 cm³/mol. The van der Waals surface area contributed by atoms with Crippen molar-refractivity contribution in [2.75, 3.05) is 18.9 Å². The Morgan fingerprint density at radius 1 is 1.25 bits per heavy atom. The number of carbonyl (C=O) groups excluding carboxylic acids is 1.